The van der Waals surface area contributed by atoms with Gasteiger partial charge in [-0.1, -0.05) is 41.0 Å². The van der Waals surface area contributed by atoms with Gasteiger partial charge in [-0.15, -0.1) is 0 Å². The number of nitrogens with zero attached hydrogens (tertiary/aromatic N) is 1. The molecule has 1 aliphatic heterocycles. The van der Waals surface area contributed by atoms with E-state index in [1.807, 2.05) is 0 Å². The molecular formula is C18H34N2O. The van der Waals surface area contributed by atoms with E-state index in [1.165, 1.54) is 19.3 Å². The molecule has 122 valence electrons. The van der Waals surface area contributed by atoms with Crippen LogP contribution in [0.5, 0.6) is 0 Å². The Hall–Kier alpha value is -0.570. The molecule has 5 atom stereocenters. The van der Waals surface area contributed by atoms with Crippen LogP contribution >= 0.6 is 0 Å². The van der Waals surface area contributed by atoms with Crippen molar-refractivity contribution < 1.29 is 4.79 Å². The summed E-state index contributed by atoms with van der Waals surface area (Å²) in [4.78, 5) is 15.2. The number of carbonyl (C=O) groups excluding carboxylic acids is 1. The highest BCUT2D eigenvalue weighted by atomic mass is 16.2. The number of hydrogen-bond donors (Lipinski definition) is 1. The molecule has 0 aromatic heterocycles. The van der Waals surface area contributed by atoms with E-state index in [1.54, 1.807) is 0 Å². The number of rotatable bonds is 5. The molecule has 2 fully saturated rings. The lowest BCUT2D eigenvalue weighted by molar-refractivity contribution is -0.134. The summed E-state index contributed by atoms with van der Waals surface area (Å²) >= 11 is 0. The molecule has 1 N–H and O–H groups in total. The van der Waals surface area contributed by atoms with Gasteiger partial charge < -0.3 is 4.90 Å². The Kier molecular flexibility index (Phi) is 5.70. The third kappa shape index (κ3) is 3.80. The van der Waals surface area contributed by atoms with Crippen LogP contribution in [0.1, 0.15) is 73.1 Å². The second-order valence-electron chi connectivity index (χ2n) is 7.86. The Morgan fingerprint density at radius 3 is 2.57 bits per heavy atom. The molecule has 21 heavy (non-hydrogen) atoms. The van der Waals surface area contributed by atoms with Crippen molar-refractivity contribution in [1.82, 2.24) is 10.2 Å². The largest absolute Gasteiger partial charge is 0.323 e. The van der Waals surface area contributed by atoms with Crippen LogP contribution in [0.2, 0.25) is 0 Å². The average Bonchev–Trinajstić information content (AvgIpc) is 2.67. The van der Waals surface area contributed by atoms with Crippen LogP contribution in [-0.4, -0.2) is 29.1 Å². The molecule has 3 nitrogen and oxygen atoms in total. The highest BCUT2D eigenvalue weighted by Crippen LogP contribution is 2.35. The topological polar surface area (TPSA) is 32.3 Å². The normalized spacial score (nSPS) is 37.5. The van der Waals surface area contributed by atoms with Crippen molar-refractivity contribution in [2.75, 3.05) is 0 Å². The van der Waals surface area contributed by atoms with Gasteiger partial charge in [-0.25, -0.2) is 0 Å². The monoisotopic (exact) mass is 294 g/mol. The summed E-state index contributed by atoms with van der Waals surface area (Å²) < 4.78 is 0. The van der Waals surface area contributed by atoms with Crippen molar-refractivity contribution in [3.8, 4) is 0 Å². The van der Waals surface area contributed by atoms with Crippen LogP contribution in [0.25, 0.3) is 0 Å². The summed E-state index contributed by atoms with van der Waals surface area (Å²) in [6, 6.07) is 0.503. The lowest BCUT2D eigenvalue weighted by Gasteiger charge is -2.41. The van der Waals surface area contributed by atoms with E-state index in [2.05, 4.69) is 44.8 Å². The molecule has 2 rings (SSSR count). The molecule has 5 unspecified atom stereocenters. The lowest BCUT2D eigenvalue weighted by Crippen LogP contribution is -2.49. The maximum atomic E-state index is 12.9. The molecule has 0 aromatic carbocycles. The average molecular weight is 294 g/mol. The first-order valence-electron chi connectivity index (χ1n) is 9.02. The van der Waals surface area contributed by atoms with E-state index >= 15 is 0 Å². The van der Waals surface area contributed by atoms with E-state index < -0.39 is 0 Å². The smallest absolute Gasteiger partial charge is 0.241 e. The second kappa shape index (κ2) is 7.13. The minimum atomic E-state index is 0.0492. The van der Waals surface area contributed by atoms with Gasteiger partial charge in [0.15, 0.2) is 0 Å². The molecule has 3 heteroatoms. The molecule has 1 saturated heterocycles. The number of amides is 1. The van der Waals surface area contributed by atoms with Gasteiger partial charge in [-0.05, 0) is 49.9 Å². The highest BCUT2D eigenvalue weighted by Gasteiger charge is 2.44. The molecular weight excluding hydrogens is 260 g/mol. The van der Waals surface area contributed by atoms with Crippen molar-refractivity contribution in [3.05, 3.63) is 0 Å². The van der Waals surface area contributed by atoms with Gasteiger partial charge in [-0.2, -0.15) is 0 Å². The molecule has 1 amide bonds. The second-order valence-corrected chi connectivity index (χ2v) is 7.86. The standard InChI is InChI=1S/C18H34N2O/c1-6-7-17-19-15(10-12(2)3)18(21)20(17)16-9-8-13(4)11-14(16)5/h12-17,19H,6-11H2,1-5H3. The molecule has 1 saturated carbocycles. The third-order valence-electron chi connectivity index (χ3n) is 5.29. The molecule has 0 spiro atoms. The molecule has 2 aliphatic rings. The summed E-state index contributed by atoms with van der Waals surface area (Å²) in [6.07, 6.45) is 7.17. The van der Waals surface area contributed by atoms with Gasteiger partial charge in [0.25, 0.3) is 0 Å². The summed E-state index contributed by atoms with van der Waals surface area (Å²) in [7, 11) is 0. The Balaban J connectivity index is 2.12. The first-order valence-corrected chi connectivity index (χ1v) is 9.02. The van der Waals surface area contributed by atoms with Gasteiger partial charge in [0.1, 0.15) is 0 Å². The Bertz CT molecular complexity index is 355. The van der Waals surface area contributed by atoms with Crippen LogP contribution in [0.3, 0.4) is 0 Å². The van der Waals surface area contributed by atoms with Crippen LogP contribution in [-0.2, 0) is 4.79 Å². The molecule has 1 aliphatic carbocycles. The molecule has 0 radical (unpaired) electrons. The quantitative estimate of drug-likeness (QED) is 0.837. The number of hydrogen-bond acceptors (Lipinski definition) is 2. The predicted molar refractivity (Wildman–Crippen MR) is 87.9 cm³/mol. The Morgan fingerprint density at radius 2 is 2.00 bits per heavy atom. The Morgan fingerprint density at radius 1 is 1.29 bits per heavy atom. The van der Waals surface area contributed by atoms with Crippen molar-refractivity contribution in [2.45, 2.75) is 91.4 Å². The Labute approximate surface area is 130 Å². The summed E-state index contributed by atoms with van der Waals surface area (Å²) in [6.45, 7) is 11.3. The fraction of sp³-hybridized carbons (Fsp3) is 0.944. The molecule has 0 bridgehead atoms. The van der Waals surface area contributed by atoms with E-state index in [4.69, 9.17) is 0 Å². The summed E-state index contributed by atoms with van der Waals surface area (Å²) in [5.41, 5.74) is 0. The van der Waals surface area contributed by atoms with Crippen LogP contribution in [0, 0.1) is 17.8 Å². The summed E-state index contributed by atoms with van der Waals surface area (Å²) in [5, 5.41) is 3.63. The maximum Gasteiger partial charge on any atom is 0.241 e. The zero-order valence-corrected chi connectivity index (χ0v) is 14.6. The third-order valence-corrected chi connectivity index (χ3v) is 5.29. The first-order chi connectivity index (χ1) is 9.93. The van der Waals surface area contributed by atoms with Crippen molar-refractivity contribution >= 4 is 5.91 Å². The maximum absolute atomic E-state index is 12.9. The van der Waals surface area contributed by atoms with Gasteiger partial charge in [0.05, 0.1) is 12.2 Å². The van der Waals surface area contributed by atoms with E-state index in [0.717, 1.165) is 25.2 Å². The van der Waals surface area contributed by atoms with Crippen LogP contribution in [0.4, 0.5) is 0 Å². The van der Waals surface area contributed by atoms with E-state index in [-0.39, 0.29) is 12.2 Å². The van der Waals surface area contributed by atoms with Gasteiger partial charge in [0, 0.05) is 6.04 Å². The fourth-order valence-corrected chi connectivity index (χ4v) is 4.31. The SMILES string of the molecule is CCCC1NC(CC(C)C)C(=O)N1C1CCC(C)CC1C. The van der Waals surface area contributed by atoms with Gasteiger partial charge >= 0.3 is 0 Å². The van der Waals surface area contributed by atoms with E-state index in [0.29, 0.717) is 23.8 Å². The lowest BCUT2D eigenvalue weighted by atomic mass is 9.79. The van der Waals surface area contributed by atoms with Crippen molar-refractivity contribution in [1.29, 1.82) is 0 Å². The summed E-state index contributed by atoms with van der Waals surface area (Å²) in [5.74, 6) is 2.39. The first kappa shape index (κ1) is 16.8. The van der Waals surface area contributed by atoms with Gasteiger partial charge in [0.2, 0.25) is 5.91 Å². The van der Waals surface area contributed by atoms with Crippen LogP contribution < -0.4 is 5.32 Å². The van der Waals surface area contributed by atoms with Crippen LogP contribution in [0.15, 0.2) is 0 Å². The number of carbonyl (C=O) groups is 1. The highest BCUT2D eigenvalue weighted by molar-refractivity contribution is 5.84. The number of nitrogens with one attached hydrogen (secondary N) is 1. The minimum absolute atomic E-state index is 0.0492. The fourth-order valence-electron chi connectivity index (χ4n) is 4.31. The van der Waals surface area contributed by atoms with Crippen molar-refractivity contribution in [3.63, 3.8) is 0 Å². The van der Waals surface area contributed by atoms with Crippen molar-refractivity contribution in [2.24, 2.45) is 17.8 Å². The molecule has 0 aromatic rings. The zero-order valence-electron chi connectivity index (χ0n) is 14.6. The predicted octanol–water partition coefficient (Wildman–Crippen LogP) is 3.78. The van der Waals surface area contributed by atoms with Gasteiger partial charge in [-0.3, -0.25) is 10.1 Å². The zero-order chi connectivity index (χ0) is 15.6. The molecule has 1 heterocycles. The van der Waals surface area contributed by atoms with E-state index in [9.17, 15) is 4.79 Å². The minimum Gasteiger partial charge on any atom is -0.323 e.